The number of nitrogen functional groups attached to an aromatic ring is 1. The second kappa shape index (κ2) is 9.76. The minimum atomic E-state index is 0.445. The minimum absolute atomic E-state index is 0.445. The first kappa shape index (κ1) is 23.3. The monoisotopic (exact) mass is 489 g/mol. The number of piperazine rings is 1. The third-order valence-corrected chi connectivity index (χ3v) is 6.89. The number of fused-ring (bicyclic) bond motifs is 1. The van der Waals surface area contributed by atoms with Crippen LogP contribution in [0.4, 0.5) is 5.82 Å². The summed E-state index contributed by atoms with van der Waals surface area (Å²) in [4.78, 5) is 16.8. The van der Waals surface area contributed by atoms with Crippen LogP contribution in [-0.2, 0) is 6.54 Å². The summed E-state index contributed by atoms with van der Waals surface area (Å²) in [6.07, 6.45) is 1.70. The molecule has 1 aliphatic rings. The van der Waals surface area contributed by atoms with Gasteiger partial charge in [0.1, 0.15) is 11.3 Å². The topological polar surface area (TPSA) is 84.9 Å². The molecule has 2 aromatic carbocycles. The summed E-state index contributed by atoms with van der Waals surface area (Å²) in [5.74, 6) is 1.18. The van der Waals surface area contributed by atoms with Crippen molar-refractivity contribution in [2.45, 2.75) is 32.5 Å². The fraction of sp³-hybridized carbons (Fsp3) is 0.233. The molecule has 37 heavy (non-hydrogen) atoms. The van der Waals surface area contributed by atoms with E-state index in [1.165, 1.54) is 5.56 Å². The molecule has 3 N–H and O–H groups in total. The van der Waals surface area contributed by atoms with Gasteiger partial charge in [-0.05, 0) is 55.8 Å². The highest BCUT2D eigenvalue weighted by Gasteiger charge is 2.22. The summed E-state index contributed by atoms with van der Waals surface area (Å²) < 4.78 is 2.09. The predicted octanol–water partition coefficient (Wildman–Crippen LogP) is 4.91. The van der Waals surface area contributed by atoms with Crippen LogP contribution in [0.15, 0.2) is 85.1 Å². The van der Waals surface area contributed by atoms with Crippen molar-refractivity contribution in [1.29, 1.82) is 0 Å². The molecule has 0 spiro atoms. The highest BCUT2D eigenvalue weighted by molar-refractivity contribution is 5.84. The molecule has 4 heterocycles. The normalized spacial score (nSPS) is 18.3. The molecule has 0 saturated carbocycles. The van der Waals surface area contributed by atoms with Gasteiger partial charge in [-0.1, -0.05) is 42.5 Å². The molecule has 3 aromatic heterocycles. The number of nitrogens with two attached hydrogens (primary N) is 1. The number of nitrogens with zero attached hydrogens (tertiary/aromatic N) is 5. The van der Waals surface area contributed by atoms with Gasteiger partial charge in [0.05, 0.1) is 11.3 Å². The maximum absolute atomic E-state index is 6.30. The maximum Gasteiger partial charge on any atom is 0.165 e. The predicted molar refractivity (Wildman–Crippen MR) is 149 cm³/mol. The van der Waals surface area contributed by atoms with E-state index in [4.69, 9.17) is 15.7 Å². The zero-order valence-corrected chi connectivity index (χ0v) is 21.2. The first-order valence-corrected chi connectivity index (χ1v) is 12.8. The second-order valence-electron chi connectivity index (χ2n) is 9.94. The number of hydrogen-bond donors (Lipinski definition) is 2. The largest absolute Gasteiger partial charge is 0.383 e. The van der Waals surface area contributed by atoms with Crippen molar-refractivity contribution >= 4 is 17.0 Å². The van der Waals surface area contributed by atoms with Crippen LogP contribution in [-0.4, -0.2) is 49.6 Å². The van der Waals surface area contributed by atoms with E-state index in [-0.39, 0.29) is 0 Å². The molecule has 5 aromatic rings. The SMILES string of the molecule is CC1CN(Cc2ccc(-n3c(-c4cccnc4N)nc4ccc(-c5ccccc5)nc43)cc2)C[C@H](C)N1. The van der Waals surface area contributed by atoms with Gasteiger partial charge in [0, 0.05) is 49.2 Å². The Morgan fingerprint density at radius 2 is 1.62 bits per heavy atom. The molecule has 6 rings (SSSR count). The van der Waals surface area contributed by atoms with Gasteiger partial charge in [-0.2, -0.15) is 0 Å². The fourth-order valence-electron chi connectivity index (χ4n) is 5.34. The molecule has 1 fully saturated rings. The van der Waals surface area contributed by atoms with E-state index in [0.29, 0.717) is 17.9 Å². The standard InChI is InChI=1S/C30H31N7/c1-20-17-36(18-21(2)33-20)19-22-10-12-24(13-11-22)37-29(25-9-6-16-32-28(25)31)35-27-15-14-26(34-30(27)37)23-7-4-3-5-8-23/h3-16,20-21,33H,17-19H2,1-2H3,(H2,31,32)/t20-,21?/m0/s1. The number of rotatable bonds is 5. The molecule has 1 saturated heterocycles. The second-order valence-corrected chi connectivity index (χ2v) is 9.94. The first-order valence-electron chi connectivity index (χ1n) is 12.8. The van der Waals surface area contributed by atoms with Crippen LogP contribution < -0.4 is 11.1 Å². The number of hydrogen-bond acceptors (Lipinski definition) is 6. The van der Waals surface area contributed by atoms with Gasteiger partial charge < -0.3 is 11.1 Å². The van der Waals surface area contributed by atoms with Gasteiger partial charge in [-0.25, -0.2) is 15.0 Å². The Bertz CT molecular complexity index is 1520. The summed E-state index contributed by atoms with van der Waals surface area (Å²) in [7, 11) is 0. The van der Waals surface area contributed by atoms with Crippen molar-refractivity contribution in [3.63, 3.8) is 0 Å². The van der Waals surface area contributed by atoms with Crippen molar-refractivity contribution < 1.29 is 0 Å². The Balaban J connectivity index is 1.43. The molecule has 0 aliphatic carbocycles. The molecule has 0 radical (unpaired) electrons. The zero-order chi connectivity index (χ0) is 25.4. The molecular formula is C30H31N7. The maximum atomic E-state index is 6.30. The number of aromatic nitrogens is 4. The van der Waals surface area contributed by atoms with E-state index >= 15 is 0 Å². The van der Waals surface area contributed by atoms with Crippen LogP contribution in [0.25, 0.3) is 39.5 Å². The number of anilines is 1. The summed E-state index contributed by atoms with van der Waals surface area (Å²) >= 11 is 0. The van der Waals surface area contributed by atoms with Crippen LogP contribution in [0.5, 0.6) is 0 Å². The van der Waals surface area contributed by atoms with Crippen LogP contribution in [0.3, 0.4) is 0 Å². The highest BCUT2D eigenvalue weighted by atomic mass is 15.2. The van der Waals surface area contributed by atoms with Gasteiger partial charge >= 0.3 is 0 Å². The van der Waals surface area contributed by atoms with Gasteiger partial charge in [0.25, 0.3) is 0 Å². The summed E-state index contributed by atoms with van der Waals surface area (Å²) in [6.45, 7) is 7.53. The van der Waals surface area contributed by atoms with Crippen molar-refractivity contribution in [2.75, 3.05) is 18.8 Å². The lowest BCUT2D eigenvalue weighted by molar-refractivity contribution is 0.166. The van der Waals surface area contributed by atoms with Gasteiger partial charge in [0.15, 0.2) is 11.5 Å². The highest BCUT2D eigenvalue weighted by Crippen LogP contribution is 2.31. The van der Waals surface area contributed by atoms with E-state index in [9.17, 15) is 0 Å². The average Bonchev–Trinajstić information content (AvgIpc) is 3.28. The summed E-state index contributed by atoms with van der Waals surface area (Å²) in [5.41, 5.74) is 12.9. The Labute approximate surface area is 217 Å². The van der Waals surface area contributed by atoms with Crippen LogP contribution in [0, 0.1) is 0 Å². The summed E-state index contributed by atoms with van der Waals surface area (Å²) in [6, 6.07) is 27.8. The number of pyridine rings is 2. The molecule has 7 heteroatoms. The van der Waals surface area contributed by atoms with Crippen LogP contribution in [0.2, 0.25) is 0 Å². The third-order valence-electron chi connectivity index (χ3n) is 6.89. The Kier molecular flexibility index (Phi) is 6.16. The van der Waals surface area contributed by atoms with E-state index in [1.807, 2.05) is 42.5 Å². The lowest BCUT2D eigenvalue weighted by Crippen LogP contribution is -2.53. The molecule has 1 unspecified atom stereocenters. The van der Waals surface area contributed by atoms with E-state index < -0.39 is 0 Å². The lowest BCUT2D eigenvalue weighted by Gasteiger charge is -2.36. The fourth-order valence-corrected chi connectivity index (χ4v) is 5.34. The number of benzene rings is 2. The molecule has 2 atom stereocenters. The molecule has 1 aliphatic heterocycles. The smallest absolute Gasteiger partial charge is 0.165 e. The molecule has 0 amide bonds. The van der Waals surface area contributed by atoms with Crippen molar-refractivity contribution in [1.82, 2.24) is 29.7 Å². The molecule has 7 nitrogen and oxygen atoms in total. The molecule has 186 valence electrons. The average molecular weight is 490 g/mol. The van der Waals surface area contributed by atoms with Gasteiger partial charge in [-0.3, -0.25) is 9.47 Å². The lowest BCUT2D eigenvalue weighted by atomic mass is 10.1. The Hall–Kier alpha value is -4.07. The minimum Gasteiger partial charge on any atom is -0.383 e. The zero-order valence-electron chi connectivity index (χ0n) is 21.2. The van der Waals surface area contributed by atoms with Crippen molar-refractivity contribution in [2.24, 2.45) is 0 Å². The van der Waals surface area contributed by atoms with E-state index in [0.717, 1.165) is 59.1 Å². The van der Waals surface area contributed by atoms with Crippen molar-refractivity contribution in [3.8, 4) is 28.3 Å². The van der Waals surface area contributed by atoms with Gasteiger partial charge in [-0.15, -0.1) is 0 Å². The third kappa shape index (κ3) is 4.71. The van der Waals surface area contributed by atoms with E-state index in [2.05, 4.69) is 70.0 Å². The molecular weight excluding hydrogens is 458 g/mol. The summed E-state index contributed by atoms with van der Waals surface area (Å²) in [5, 5.41) is 3.61. The van der Waals surface area contributed by atoms with E-state index in [1.54, 1.807) is 6.20 Å². The molecule has 0 bridgehead atoms. The van der Waals surface area contributed by atoms with Gasteiger partial charge in [0.2, 0.25) is 0 Å². The van der Waals surface area contributed by atoms with Crippen molar-refractivity contribution in [3.05, 3.63) is 90.6 Å². The number of imidazole rings is 1. The number of nitrogens with one attached hydrogen (secondary N) is 1. The Morgan fingerprint density at radius 1 is 0.865 bits per heavy atom. The van der Waals surface area contributed by atoms with Crippen LogP contribution >= 0.6 is 0 Å². The Morgan fingerprint density at radius 3 is 2.35 bits per heavy atom. The quantitative estimate of drug-likeness (QED) is 0.365. The first-order chi connectivity index (χ1) is 18.0. The van der Waals surface area contributed by atoms with Crippen LogP contribution in [0.1, 0.15) is 19.4 Å².